The second kappa shape index (κ2) is 9.62. The minimum Gasteiger partial charge on any atom is -0.456 e. The molecule has 0 amide bonds. The first kappa shape index (κ1) is 25.1. The number of fused-ring (bicyclic) bond motifs is 6. The van der Waals surface area contributed by atoms with Crippen LogP contribution in [0.4, 0.5) is 0 Å². The van der Waals surface area contributed by atoms with Crippen molar-refractivity contribution in [1.29, 1.82) is 0 Å². The Morgan fingerprint density at radius 3 is 2.15 bits per heavy atom. The van der Waals surface area contributed by atoms with Gasteiger partial charge in [-0.15, -0.1) is 0 Å². The number of nitrogens with zero attached hydrogens (tertiary/aromatic N) is 2. The maximum atomic E-state index is 6.64. The first-order chi connectivity index (χ1) is 22.8. The Morgan fingerprint density at radius 1 is 0.457 bits per heavy atom. The number of ether oxygens (including phenoxy) is 1. The molecule has 10 rings (SSSR count). The molecule has 0 saturated heterocycles. The molecule has 1 aliphatic rings. The quantitative estimate of drug-likeness (QED) is 0.206. The molecule has 0 saturated carbocycles. The van der Waals surface area contributed by atoms with Crippen LogP contribution in [0.5, 0.6) is 11.5 Å². The van der Waals surface area contributed by atoms with Gasteiger partial charge in [-0.1, -0.05) is 103 Å². The third-order valence-corrected chi connectivity index (χ3v) is 9.08. The van der Waals surface area contributed by atoms with Crippen molar-refractivity contribution in [1.82, 2.24) is 9.97 Å². The number of aromatic nitrogens is 2. The summed E-state index contributed by atoms with van der Waals surface area (Å²) < 4.78 is 13.0. The van der Waals surface area contributed by atoms with E-state index in [1.54, 1.807) is 0 Å². The Balaban J connectivity index is 1.15. The predicted molar refractivity (Wildman–Crippen MR) is 186 cm³/mol. The molecule has 4 heteroatoms. The molecule has 0 spiro atoms. The number of para-hydroxylation sites is 1. The van der Waals surface area contributed by atoms with Crippen LogP contribution in [0.15, 0.2) is 150 Å². The van der Waals surface area contributed by atoms with Crippen LogP contribution in [0, 0.1) is 0 Å². The second-order valence-corrected chi connectivity index (χ2v) is 11.8. The highest BCUT2D eigenvalue weighted by Gasteiger charge is 2.24. The van der Waals surface area contributed by atoms with Gasteiger partial charge in [-0.25, -0.2) is 9.97 Å². The highest BCUT2D eigenvalue weighted by molar-refractivity contribution is 6.11. The van der Waals surface area contributed by atoms with Crippen LogP contribution in [0.25, 0.3) is 88.5 Å². The van der Waals surface area contributed by atoms with Gasteiger partial charge in [0.25, 0.3) is 0 Å². The van der Waals surface area contributed by atoms with Crippen LogP contribution in [0.1, 0.15) is 0 Å². The average molecular weight is 589 g/mol. The molecular weight excluding hydrogens is 564 g/mol. The van der Waals surface area contributed by atoms with E-state index in [-0.39, 0.29) is 0 Å². The van der Waals surface area contributed by atoms with E-state index in [2.05, 4.69) is 109 Å². The number of hydrogen-bond donors (Lipinski definition) is 0. The summed E-state index contributed by atoms with van der Waals surface area (Å²) in [6.45, 7) is 0. The zero-order chi connectivity index (χ0) is 30.2. The van der Waals surface area contributed by atoms with Gasteiger partial charge in [-0.05, 0) is 75.3 Å². The van der Waals surface area contributed by atoms with Gasteiger partial charge in [0.05, 0.1) is 0 Å². The van der Waals surface area contributed by atoms with Crippen molar-refractivity contribution >= 4 is 43.6 Å². The van der Waals surface area contributed by atoms with Crippen molar-refractivity contribution in [3.63, 3.8) is 0 Å². The normalized spacial score (nSPS) is 12.1. The molecule has 4 nitrogen and oxygen atoms in total. The molecule has 3 heterocycles. The van der Waals surface area contributed by atoms with Crippen LogP contribution >= 0.6 is 0 Å². The van der Waals surface area contributed by atoms with E-state index in [0.29, 0.717) is 11.4 Å². The van der Waals surface area contributed by atoms with Gasteiger partial charge in [0.15, 0.2) is 11.4 Å². The van der Waals surface area contributed by atoms with Gasteiger partial charge in [0, 0.05) is 27.5 Å². The van der Waals surface area contributed by atoms with Gasteiger partial charge in [0.2, 0.25) is 0 Å². The Morgan fingerprint density at radius 2 is 1.22 bits per heavy atom. The third-order valence-electron chi connectivity index (χ3n) is 9.08. The number of furan rings is 1. The highest BCUT2D eigenvalue weighted by atomic mass is 16.5. The van der Waals surface area contributed by atoms with Crippen LogP contribution in [0.2, 0.25) is 0 Å². The summed E-state index contributed by atoms with van der Waals surface area (Å²) in [7, 11) is 0. The molecule has 46 heavy (non-hydrogen) atoms. The fourth-order valence-corrected chi connectivity index (χ4v) is 6.88. The van der Waals surface area contributed by atoms with E-state index in [4.69, 9.17) is 19.1 Å². The summed E-state index contributed by atoms with van der Waals surface area (Å²) in [6.07, 6.45) is 0. The topological polar surface area (TPSA) is 48.2 Å². The number of rotatable bonds is 3. The second-order valence-electron chi connectivity index (χ2n) is 11.8. The minimum absolute atomic E-state index is 0.652. The van der Waals surface area contributed by atoms with E-state index in [1.807, 2.05) is 36.4 Å². The molecule has 0 aliphatic carbocycles. The van der Waals surface area contributed by atoms with Gasteiger partial charge >= 0.3 is 0 Å². The summed E-state index contributed by atoms with van der Waals surface area (Å²) >= 11 is 0. The molecule has 0 atom stereocenters. The van der Waals surface area contributed by atoms with Crippen molar-refractivity contribution in [3.05, 3.63) is 146 Å². The SMILES string of the molecule is c1ccc(-c2nc(-c3ccc4c5c(cccc35)-c3ccc(-c5ccc6ccccc6c5)cc3O4)nc3c2oc2ccccc23)cc1. The fourth-order valence-electron chi connectivity index (χ4n) is 6.88. The lowest BCUT2D eigenvalue weighted by atomic mass is 9.91. The number of benzene rings is 7. The van der Waals surface area contributed by atoms with Crippen LogP contribution in [-0.2, 0) is 0 Å². The zero-order valence-electron chi connectivity index (χ0n) is 24.6. The van der Waals surface area contributed by atoms with Crippen LogP contribution < -0.4 is 4.74 Å². The Kier molecular flexibility index (Phi) is 5.25. The molecular formula is C42H24N2O2. The van der Waals surface area contributed by atoms with Gasteiger partial charge in [0.1, 0.15) is 28.3 Å². The Labute approximate surface area is 264 Å². The van der Waals surface area contributed by atoms with Gasteiger partial charge in [-0.2, -0.15) is 0 Å². The lowest BCUT2D eigenvalue weighted by molar-refractivity contribution is 0.487. The molecule has 9 aromatic rings. The predicted octanol–water partition coefficient (Wildman–Crippen LogP) is 11.5. The van der Waals surface area contributed by atoms with Crippen molar-refractivity contribution < 1.29 is 9.15 Å². The molecule has 2 aromatic heterocycles. The summed E-state index contributed by atoms with van der Waals surface area (Å²) in [5.41, 5.74) is 9.51. The molecule has 7 aromatic carbocycles. The standard InChI is InChI=1S/C42H24N2O2/c1-2-10-26(11-3-1)39-41-40(34-13-6-7-16-35(34)46-41)44-42(43-39)33-21-22-36-38-31(14-8-15-32(33)38)30-20-19-29(24-37(30)45-36)28-18-17-25-9-4-5-12-27(25)23-28/h1-24H. The fraction of sp³-hybridized carbons (Fsp3) is 0. The molecule has 0 fully saturated rings. The average Bonchev–Trinajstić information content (AvgIpc) is 3.50. The van der Waals surface area contributed by atoms with Crippen molar-refractivity contribution in [2.75, 3.05) is 0 Å². The molecule has 0 bridgehead atoms. The van der Waals surface area contributed by atoms with Crippen molar-refractivity contribution in [2.24, 2.45) is 0 Å². The van der Waals surface area contributed by atoms with Crippen molar-refractivity contribution in [3.8, 4) is 56.4 Å². The molecule has 0 unspecified atom stereocenters. The first-order valence-electron chi connectivity index (χ1n) is 15.4. The highest BCUT2D eigenvalue weighted by Crippen LogP contribution is 2.49. The molecule has 0 N–H and O–H groups in total. The summed E-state index contributed by atoms with van der Waals surface area (Å²) in [4.78, 5) is 10.3. The first-order valence-corrected chi connectivity index (χ1v) is 15.4. The lowest BCUT2D eigenvalue weighted by Crippen LogP contribution is -2.00. The smallest absolute Gasteiger partial charge is 0.180 e. The monoisotopic (exact) mass is 588 g/mol. The third kappa shape index (κ3) is 3.74. The molecule has 0 radical (unpaired) electrons. The van der Waals surface area contributed by atoms with E-state index < -0.39 is 0 Å². The minimum atomic E-state index is 0.652. The largest absolute Gasteiger partial charge is 0.456 e. The zero-order valence-corrected chi connectivity index (χ0v) is 24.6. The number of hydrogen-bond acceptors (Lipinski definition) is 4. The maximum Gasteiger partial charge on any atom is 0.180 e. The molecule has 214 valence electrons. The van der Waals surface area contributed by atoms with Crippen LogP contribution in [-0.4, -0.2) is 9.97 Å². The Hall–Kier alpha value is -6.26. The lowest BCUT2D eigenvalue weighted by Gasteiger charge is -2.23. The molecule has 1 aliphatic heterocycles. The van der Waals surface area contributed by atoms with Crippen LogP contribution in [0.3, 0.4) is 0 Å². The van der Waals surface area contributed by atoms with Crippen molar-refractivity contribution in [2.45, 2.75) is 0 Å². The van der Waals surface area contributed by atoms with Gasteiger partial charge < -0.3 is 9.15 Å². The van der Waals surface area contributed by atoms with Gasteiger partial charge in [-0.3, -0.25) is 0 Å². The summed E-state index contributed by atoms with van der Waals surface area (Å²) in [5.74, 6) is 2.34. The summed E-state index contributed by atoms with van der Waals surface area (Å²) in [6, 6.07) is 50.3. The maximum absolute atomic E-state index is 6.64. The van der Waals surface area contributed by atoms with E-state index in [9.17, 15) is 0 Å². The van der Waals surface area contributed by atoms with E-state index >= 15 is 0 Å². The van der Waals surface area contributed by atoms with E-state index in [0.717, 1.165) is 77.8 Å². The Bertz CT molecular complexity index is 2670. The van der Waals surface area contributed by atoms with E-state index in [1.165, 1.54) is 10.8 Å². The summed E-state index contributed by atoms with van der Waals surface area (Å²) in [5, 5.41) is 5.54.